The van der Waals surface area contributed by atoms with Gasteiger partial charge in [-0.05, 0) is 85.6 Å². The number of nitrogens with zero attached hydrogens (tertiary/aromatic N) is 5. The van der Waals surface area contributed by atoms with Gasteiger partial charge in [0.2, 0.25) is 0 Å². The molecular formula is C42H41N5O3. The molecule has 1 aliphatic rings. The summed E-state index contributed by atoms with van der Waals surface area (Å²) < 4.78 is 19.4. The molecule has 7 rings (SSSR count). The van der Waals surface area contributed by atoms with Crippen LogP contribution in [0.5, 0.6) is 23.0 Å². The predicted molar refractivity (Wildman–Crippen MR) is 196 cm³/mol. The minimum Gasteiger partial charge on any atom is -0.487 e. The van der Waals surface area contributed by atoms with Gasteiger partial charge >= 0.3 is 0 Å². The van der Waals surface area contributed by atoms with Gasteiger partial charge < -0.3 is 19.1 Å². The van der Waals surface area contributed by atoms with Gasteiger partial charge in [0.25, 0.3) is 0 Å². The van der Waals surface area contributed by atoms with E-state index in [1.807, 2.05) is 91.3 Å². The van der Waals surface area contributed by atoms with Crippen molar-refractivity contribution < 1.29 is 14.2 Å². The number of aromatic nitrogens is 3. The van der Waals surface area contributed by atoms with Crippen LogP contribution in [0.25, 0.3) is 11.1 Å². The Bertz CT molecular complexity index is 1980. The molecule has 0 radical (unpaired) electrons. The number of anilines is 1. The second-order valence-corrected chi connectivity index (χ2v) is 12.2. The van der Waals surface area contributed by atoms with Crippen LogP contribution in [0.15, 0.2) is 128 Å². The van der Waals surface area contributed by atoms with Crippen LogP contribution in [0, 0.1) is 0 Å². The predicted octanol–water partition coefficient (Wildman–Crippen LogP) is 8.85. The van der Waals surface area contributed by atoms with Gasteiger partial charge in [0.15, 0.2) is 11.5 Å². The average Bonchev–Trinajstić information content (AvgIpc) is 3.21. The van der Waals surface area contributed by atoms with Gasteiger partial charge in [-0.25, -0.2) is 0 Å². The van der Waals surface area contributed by atoms with Crippen LogP contribution >= 0.6 is 0 Å². The molecule has 0 saturated carbocycles. The summed E-state index contributed by atoms with van der Waals surface area (Å²) in [6, 6.07) is 38.6. The Hall–Kier alpha value is -5.73. The first-order valence-corrected chi connectivity index (χ1v) is 17.2. The fraction of sp³-hybridized carbons (Fsp3) is 0.214. The van der Waals surface area contributed by atoms with Crippen molar-refractivity contribution in [2.45, 2.75) is 46.7 Å². The highest BCUT2D eigenvalue weighted by molar-refractivity contribution is 5.75. The molecule has 6 aromatic rings. The van der Waals surface area contributed by atoms with Crippen LogP contribution in [0.3, 0.4) is 0 Å². The molecule has 0 atom stereocenters. The van der Waals surface area contributed by atoms with E-state index in [0.29, 0.717) is 55.8 Å². The lowest BCUT2D eigenvalue weighted by molar-refractivity contribution is 0.237. The highest BCUT2D eigenvalue weighted by atomic mass is 16.5. The molecule has 0 N–H and O–H groups in total. The Morgan fingerprint density at radius 2 is 1.32 bits per heavy atom. The van der Waals surface area contributed by atoms with E-state index in [0.717, 1.165) is 58.2 Å². The summed E-state index contributed by atoms with van der Waals surface area (Å²) in [5.74, 6) is 2.79. The topological polar surface area (TPSA) is 72.8 Å². The molecule has 0 bridgehead atoms. The summed E-state index contributed by atoms with van der Waals surface area (Å²) in [6.45, 7) is 8.88. The maximum absolute atomic E-state index is 6.69. The van der Waals surface area contributed by atoms with Crippen molar-refractivity contribution in [3.63, 3.8) is 0 Å². The normalized spacial score (nSPS) is 11.9. The lowest BCUT2D eigenvalue weighted by Gasteiger charge is -2.22. The molecule has 50 heavy (non-hydrogen) atoms. The summed E-state index contributed by atoms with van der Waals surface area (Å²) >= 11 is 0. The number of rotatable bonds is 12. The third kappa shape index (κ3) is 7.93. The second-order valence-electron chi connectivity index (χ2n) is 12.2. The molecule has 0 amide bonds. The third-order valence-corrected chi connectivity index (χ3v) is 8.78. The molecular weight excluding hydrogens is 622 g/mol. The number of hydrogen-bond acceptors (Lipinski definition) is 8. The van der Waals surface area contributed by atoms with Crippen LogP contribution in [0.1, 0.15) is 42.2 Å². The standard InChI is InChI=1S/C42H41N5O3/c1-3-47(4-2)36-18-21-40-42(24-36)50-41-25-37(19-20-39(41)38-17-6-5-12-31(38)29-49-40)48-30-35-16-11-15-34(45-35)28-46(26-32-13-7-9-22-43-32)27-33-14-8-10-23-44-33/h5-25H,3-4,26-30H2,1-2H3. The van der Waals surface area contributed by atoms with Crippen LogP contribution in [0.2, 0.25) is 0 Å². The molecule has 1 aliphatic heterocycles. The Kier molecular flexibility index (Phi) is 10.3. The van der Waals surface area contributed by atoms with Crippen LogP contribution in [0.4, 0.5) is 5.69 Å². The number of hydrogen-bond donors (Lipinski definition) is 0. The van der Waals surface area contributed by atoms with E-state index in [9.17, 15) is 0 Å². The minimum atomic E-state index is 0.315. The van der Waals surface area contributed by atoms with E-state index < -0.39 is 0 Å². The van der Waals surface area contributed by atoms with Crippen molar-refractivity contribution in [1.29, 1.82) is 0 Å². The van der Waals surface area contributed by atoms with E-state index in [4.69, 9.17) is 19.2 Å². The number of benzene rings is 3. The van der Waals surface area contributed by atoms with Crippen molar-refractivity contribution in [3.8, 4) is 34.1 Å². The highest BCUT2D eigenvalue weighted by Crippen LogP contribution is 2.43. The zero-order chi connectivity index (χ0) is 34.1. The van der Waals surface area contributed by atoms with Gasteiger partial charge in [-0.3, -0.25) is 19.9 Å². The summed E-state index contributed by atoms with van der Waals surface area (Å²) in [5, 5.41) is 0. The summed E-state index contributed by atoms with van der Waals surface area (Å²) in [5.41, 5.74) is 8.03. The van der Waals surface area contributed by atoms with Crippen LogP contribution in [-0.2, 0) is 32.8 Å². The van der Waals surface area contributed by atoms with Crippen molar-refractivity contribution in [1.82, 2.24) is 19.9 Å². The first kappa shape index (κ1) is 32.8. The van der Waals surface area contributed by atoms with Gasteiger partial charge in [-0.15, -0.1) is 0 Å². The number of fused-ring (bicyclic) bond motifs is 4. The molecule has 0 saturated heterocycles. The lowest BCUT2D eigenvalue weighted by atomic mass is 9.99. The molecule has 4 heterocycles. The molecule has 0 aliphatic carbocycles. The maximum atomic E-state index is 6.69. The number of ether oxygens (including phenoxy) is 3. The first-order chi connectivity index (χ1) is 24.6. The van der Waals surface area contributed by atoms with Crippen molar-refractivity contribution >= 4 is 5.69 Å². The molecule has 8 heteroatoms. The molecule has 3 aromatic heterocycles. The first-order valence-electron chi connectivity index (χ1n) is 17.2. The molecule has 8 nitrogen and oxygen atoms in total. The Morgan fingerprint density at radius 1 is 0.620 bits per heavy atom. The summed E-state index contributed by atoms with van der Waals surface area (Å²) in [7, 11) is 0. The summed E-state index contributed by atoms with van der Waals surface area (Å²) in [4.78, 5) is 18.7. The third-order valence-electron chi connectivity index (χ3n) is 8.78. The Labute approximate surface area is 294 Å². The van der Waals surface area contributed by atoms with Gasteiger partial charge in [-0.1, -0.05) is 42.5 Å². The zero-order valence-corrected chi connectivity index (χ0v) is 28.5. The molecule has 3 aromatic carbocycles. The molecule has 0 unspecified atom stereocenters. The quantitative estimate of drug-likeness (QED) is 0.129. The fourth-order valence-electron chi connectivity index (χ4n) is 6.26. The average molecular weight is 664 g/mol. The van der Waals surface area contributed by atoms with Crippen molar-refractivity contribution in [3.05, 3.63) is 156 Å². The SMILES string of the molecule is CCN(CC)c1ccc2c(c1)Oc1cc(OCc3cccc(CN(Cc4ccccn4)Cc4ccccn4)n3)ccc1-c1ccccc1CO2. The van der Waals surface area contributed by atoms with E-state index in [1.165, 1.54) is 0 Å². The monoisotopic (exact) mass is 663 g/mol. The minimum absolute atomic E-state index is 0.315. The summed E-state index contributed by atoms with van der Waals surface area (Å²) in [6.07, 6.45) is 3.66. The van der Waals surface area contributed by atoms with E-state index >= 15 is 0 Å². The van der Waals surface area contributed by atoms with Crippen molar-refractivity contribution in [2.24, 2.45) is 0 Å². The van der Waals surface area contributed by atoms with E-state index in [1.54, 1.807) is 0 Å². The molecule has 252 valence electrons. The molecule has 0 spiro atoms. The maximum Gasteiger partial charge on any atom is 0.171 e. The van der Waals surface area contributed by atoms with Gasteiger partial charge in [0.05, 0.1) is 22.8 Å². The fourth-order valence-corrected chi connectivity index (χ4v) is 6.26. The van der Waals surface area contributed by atoms with Gasteiger partial charge in [-0.2, -0.15) is 0 Å². The van der Waals surface area contributed by atoms with Gasteiger partial charge in [0.1, 0.15) is 24.7 Å². The lowest BCUT2D eigenvalue weighted by Crippen LogP contribution is -2.24. The van der Waals surface area contributed by atoms with Crippen molar-refractivity contribution in [2.75, 3.05) is 18.0 Å². The molecule has 0 fully saturated rings. The zero-order valence-electron chi connectivity index (χ0n) is 28.5. The van der Waals surface area contributed by atoms with Crippen LogP contribution in [-0.4, -0.2) is 32.9 Å². The van der Waals surface area contributed by atoms with Crippen LogP contribution < -0.4 is 19.1 Å². The van der Waals surface area contributed by atoms with E-state index in [-0.39, 0.29) is 0 Å². The second kappa shape index (κ2) is 15.7. The highest BCUT2D eigenvalue weighted by Gasteiger charge is 2.20. The Morgan fingerprint density at radius 3 is 2.06 bits per heavy atom. The smallest absolute Gasteiger partial charge is 0.171 e. The number of pyridine rings is 3. The Balaban J connectivity index is 1.12. The largest absolute Gasteiger partial charge is 0.487 e. The van der Waals surface area contributed by atoms with E-state index in [2.05, 4.69) is 70.0 Å². The van der Waals surface area contributed by atoms with Gasteiger partial charge in [0, 0.05) is 68.5 Å².